The molecule has 0 spiro atoms. The van der Waals surface area contributed by atoms with Crippen LogP contribution in [0.15, 0.2) is 24.3 Å². The van der Waals surface area contributed by atoms with E-state index in [0.29, 0.717) is 38.3 Å². The SMILES string of the molecule is CC(C)N1CCN(C(=O)C2CCN(c3ccc(C(=O)N4CCOCC4)cc3)CC2)CC1. The van der Waals surface area contributed by atoms with Gasteiger partial charge < -0.3 is 19.4 Å². The van der Waals surface area contributed by atoms with Gasteiger partial charge in [0.1, 0.15) is 0 Å². The molecular formula is C24H36N4O3. The lowest BCUT2D eigenvalue weighted by Crippen LogP contribution is -2.53. The molecule has 3 aliphatic rings. The van der Waals surface area contributed by atoms with E-state index < -0.39 is 0 Å². The van der Waals surface area contributed by atoms with Crippen molar-refractivity contribution < 1.29 is 14.3 Å². The van der Waals surface area contributed by atoms with Crippen LogP contribution in [0, 0.1) is 5.92 Å². The number of ether oxygens (including phenoxy) is 1. The summed E-state index contributed by atoms with van der Waals surface area (Å²) in [6.07, 6.45) is 1.80. The number of carbonyl (C=O) groups excluding carboxylic acids is 2. The third-order valence-corrected chi connectivity index (χ3v) is 6.98. The van der Waals surface area contributed by atoms with Gasteiger partial charge in [-0.25, -0.2) is 0 Å². The van der Waals surface area contributed by atoms with E-state index in [0.717, 1.165) is 63.4 Å². The van der Waals surface area contributed by atoms with E-state index in [2.05, 4.69) is 28.5 Å². The number of hydrogen-bond donors (Lipinski definition) is 0. The van der Waals surface area contributed by atoms with Crippen LogP contribution >= 0.6 is 0 Å². The smallest absolute Gasteiger partial charge is 0.254 e. The molecule has 0 N–H and O–H groups in total. The van der Waals surface area contributed by atoms with Crippen molar-refractivity contribution >= 4 is 17.5 Å². The highest BCUT2D eigenvalue weighted by molar-refractivity contribution is 5.94. The Balaban J connectivity index is 1.27. The Morgan fingerprint density at radius 2 is 1.45 bits per heavy atom. The Hall–Kier alpha value is -2.12. The number of piperazine rings is 1. The third kappa shape index (κ3) is 5.21. The zero-order chi connectivity index (χ0) is 21.8. The minimum atomic E-state index is 0.0803. The maximum atomic E-state index is 13.0. The van der Waals surface area contributed by atoms with Gasteiger partial charge in [0.15, 0.2) is 0 Å². The average Bonchev–Trinajstić information content (AvgIpc) is 2.84. The highest BCUT2D eigenvalue weighted by Crippen LogP contribution is 2.26. The molecule has 0 atom stereocenters. The molecule has 7 nitrogen and oxygen atoms in total. The molecule has 0 bridgehead atoms. The van der Waals surface area contributed by atoms with Crippen molar-refractivity contribution in [2.24, 2.45) is 5.92 Å². The van der Waals surface area contributed by atoms with Crippen LogP contribution in [0.3, 0.4) is 0 Å². The van der Waals surface area contributed by atoms with Gasteiger partial charge in [0, 0.05) is 75.6 Å². The van der Waals surface area contributed by atoms with Crippen LogP contribution < -0.4 is 4.90 Å². The summed E-state index contributed by atoms with van der Waals surface area (Å²) in [7, 11) is 0. The number of morpholine rings is 1. The average molecular weight is 429 g/mol. The summed E-state index contributed by atoms with van der Waals surface area (Å²) in [5, 5.41) is 0. The summed E-state index contributed by atoms with van der Waals surface area (Å²) in [5.74, 6) is 0.565. The molecule has 4 rings (SSSR count). The zero-order valence-corrected chi connectivity index (χ0v) is 19.0. The van der Waals surface area contributed by atoms with Gasteiger partial charge in [0.05, 0.1) is 13.2 Å². The first-order valence-corrected chi connectivity index (χ1v) is 11.8. The van der Waals surface area contributed by atoms with Gasteiger partial charge in [0.25, 0.3) is 5.91 Å². The van der Waals surface area contributed by atoms with Crippen LogP contribution in [0.5, 0.6) is 0 Å². The molecular weight excluding hydrogens is 392 g/mol. The molecule has 1 aromatic rings. The van der Waals surface area contributed by atoms with Crippen LogP contribution in [0.4, 0.5) is 5.69 Å². The first kappa shape index (κ1) is 22.1. The zero-order valence-electron chi connectivity index (χ0n) is 19.0. The Morgan fingerprint density at radius 3 is 2.03 bits per heavy atom. The molecule has 0 unspecified atom stereocenters. The monoisotopic (exact) mass is 428 g/mol. The van der Waals surface area contributed by atoms with Gasteiger partial charge in [-0.1, -0.05) is 0 Å². The summed E-state index contributed by atoms with van der Waals surface area (Å²) >= 11 is 0. The van der Waals surface area contributed by atoms with E-state index >= 15 is 0 Å². The van der Waals surface area contributed by atoms with Gasteiger partial charge in [-0.15, -0.1) is 0 Å². The maximum Gasteiger partial charge on any atom is 0.254 e. The summed E-state index contributed by atoms with van der Waals surface area (Å²) in [6.45, 7) is 12.5. The number of anilines is 1. The van der Waals surface area contributed by atoms with Gasteiger partial charge in [-0.3, -0.25) is 14.5 Å². The summed E-state index contributed by atoms with van der Waals surface area (Å²) in [5.41, 5.74) is 1.87. The van der Waals surface area contributed by atoms with E-state index in [1.807, 2.05) is 29.2 Å². The molecule has 3 aliphatic heterocycles. The maximum absolute atomic E-state index is 13.0. The minimum Gasteiger partial charge on any atom is -0.378 e. The van der Waals surface area contributed by atoms with E-state index in [1.54, 1.807) is 0 Å². The fourth-order valence-electron chi connectivity index (χ4n) is 4.87. The Morgan fingerprint density at radius 1 is 0.839 bits per heavy atom. The van der Waals surface area contributed by atoms with Crippen molar-refractivity contribution in [3.63, 3.8) is 0 Å². The van der Waals surface area contributed by atoms with Crippen LogP contribution in [-0.4, -0.2) is 98.1 Å². The fraction of sp³-hybridized carbons (Fsp3) is 0.667. The quantitative estimate of drug-likeness (QED) is 0.734. The lowest BCUT2D eigenvalue weighted by atomic mass is 9.94. The molecule has 7 heteroatoms. The lowest BCUT2D eigenvalue weighted by Gasteiger charge is -2.40. The number of nitrogens with zero attached hydrogens (tertiary/aromatic N) is 4. The molecule has 3 heterocycles. The molecule has 2 amide bonds. The van der Waals surface area contributed by atoms with E-state index in [4.69, 9.17) is 4.74 Å². The number of benzene rings is 1. The molecule has 31 heavy (non-hydrogen) atoms. The predicted octanol–water partition coefficient (Wildman–Crippen LogP) is 1.93. The van der Waals surface area contributed by atoms with Crippen molar-refractivity contribution in [2.75, 3.05) is 70.5 Å². The van der Waals surface area contributed by atoms with Crippen LogP contribution in [0.2, 0.25) is 0 Å². The molecule has 0 aliphatic carbocycles. The number of rotatable bonds is 4. The van der Waals surface area contributed by atoms with E-state index in [9.17, 15) is 9.59 Å². The van der Waals surface area contributed by atoms with Crippen LogP contribution in [-0.2, 0) is 9.53 Å². The summed E-state index contributed by atoms with van der Waals surface area (Å²) in [6, 6.07) is 8.50. The van der Waals surface area contributed by atoms with Gasteiger partial charge in [-0.2, -0.15) is 0 Å². The molecule has 0 saturated carbocycles. The normalized spacial score (nSPS) is 21.6. The molecule has 3 saturated heterocycles. The first-order valence-electron chi connectivity index (χ1n) is 11.8. The second-order valence-electron chi connectivity index (χ2n) is 9.17. The lowest BCUT2D eigenvalue weighted by molar-refractivity contribution is -0.138. The van der Waals surface area contributed by atoms with Gasteiger partial charge in [-0.05, 0) is 51.0 Å². The Labute approximate surface area is 185 Å². The molecule has 170 valence electrons. The topological polar surface area (TPSA) is 56.3 Å². The summed E-state index contributed by atoms with van der Waals surface area (Å²) in [4.78, 5) is 34.3. The van der Waals surface area contributed by atoms with Gasteiger partial charge >= 0.3 is 0 Å². The minimum absolute atomic E-state index is 0.0803. The standard InChI is InChI=1S/C24H36N4O3/c1-19(2)25-11-13-27(14-12-25)24(30)21-7-9-26(10-8-21)22-5-3-20(4-6-22)23(29)28-15-17-31-18-16-28/h3-6,19,21H,7-18H2,1-2H3. The number of hydrogen-bond acceptors (Lipinski definition) is 5. The van der Waals surface area contributed by atoms with Crippen molar-refractivity contribution in [3.05, 3.63) is 29.8 Å². The van der Waals surface area contributed by atoms with Crippen molar-refractivity contribution in [1.29, 1.82) is 0 Å². The fourth-order valence-corrected chi connectivity index (χ4v) is 4.87. The predicted molar refractivity (Wildman–Crippen MR) is 121 cm³/mol. The van der Waals surface area contributed by atoms with Crippen molar-refractivity contribution in [1.82, 2.24) is 14.7 Å². The summed E-state index contributed by atoms with van der Waals surface area (Å²) < 4.78 is 5.33. The van der Waals surface area contributed by atoms with Crippen LogP contribution in [0.25, 0.3) is 0 Å². The van der Waals surface area contributed by atoms with Gasteiger partial charge in [0.2, 0.25) is 5.91 Å². The van der Waals surface area contributed by atoms with Crippen LogP contribution in [0.1, 0.15) is 37.0 Å². The second kappa shape index (κ2) is 10.0. The molecule has 1 aromatic carbocycles. The number of amides is 2. The molecule has 3 fully saturated rings. The van der Waals surface area contributed by atoms with Crippen molar-refractivity contribution in [2.45, 2.75) is 32.7 Å². The second-order valence-corrected chi connectivity index (χ2v) is 9.17. The highest BCUT2D eigenvalue weighted by Gasteiger charge is 2.31. The molecule has 0 radical (unpaired) electrons. The largest absolute Gasteiger partial charge is 0.378 e. The first-order chi connectivity index (χ1) is 15.0. The van der Waals surface area contributed by atoms with Crippen molar-refractivity contribution in [3.8, 4) is 0 Å². The van der Waals surface area contributed by atoms with E-state index in [1.165, 1.54) is 0 Å². The Kier molecular flexibility index (Phi) is 7.13. The van der Waals surface area contributed by atoms with E-state index in [-0.39, 0.29) is 11.8 Å². The number of carbonyl (C=O) groups is 2. The number of piperidine rings is 1. The third-order valence-electron chi connectivity index (χ3n) is 6.98. The molecule has 0 aromatic heterocycles. The Bertz CT molecular complexity index is 745. The highest BCUT2D eigenvalue weighted by atomic mass is 16.5.